The maximum absolute atomic E-state index is 9.09. The molecular formula is C12H8Cl3NO2. The molecule has 1 N–H and O–H groups in total. The number of rotatable bonds is 3. The molecule has 0 spiro atoms. The summed E-state index contributed by atoms with van der Waals surface area (Å²) in [6.07, 6.45) is 1.41. The van der Waals surface area contributed by atoms with Crippen LogP contribution in [0.4, 0.5) is 0 Å². The molecule has 0 amide bonds. The summed E-state index contributed by atoms with van der Waals surface area (Å²) in [7, 11) is 0. The normalized spacial score (nSPS) is 10.4. The Morgan fingerprint density at radius 1 is 1.11 bits per heavy atom. The van der Waals surface area contributed by atoms with Gasteiger partial charge in [0.1, 0.15) is 5.75 Å². The molecular weight excluding hydrogens is 296 g/mol. The number of pyridine rings is 1. The highest BCUT2D eigenvalue weighted by Crippen LogP contribution is 2.31. The molecule has 2 aromatic rings. The number of aliphatic hydroxyl groups excluding tert-OH is 1. The van der Waals surface area contributed by atoms with Crippen molar-refractivity contribution in [1.82, 2.24) is 4.98 Å². The van der Waals surface area contributed by atoms with Gasteiger partial charge >= 0.3 is 0 Å². The number of ether oxygens (including phenoxy) is 1. The van der Waals surface area contributed by atoms with Crippen LogP contribution in [0.2, 0.25) is 15.1 Å². The molecule has 1 aromatic carbocycles. The molecule has 3 nitrogen and oxygen atoms in total. The SMILES string of the molecule is OCc1cc(Oc2ccc(Cl)cc2Cl)ncc1Cl. The second-order valence-corrected chi connectivity index (χ2v) is 4.70. The van der Waals surface area contributed by atoms with E-state index in [0.717, 1.165) is 0 Å². The van der Waals surface area contributed by atoms with Gasteiger partial charge in [-0.05, 0) is 18.2 Å². The molecule has 0 bridgehead atoms. The molecule has 94 valence electrons. The van der Waals surface area contributed by atoms with Crippen molar-refractivity contribution in [3.05, 3.63) is 51.1 Å². The number of hydrogen-bond donors (Lipinski definition) is 1. The zero-order valence-electron chi connectivity index (χ0n) is 9.03. The molecule has 0 saturated carbocycles. The lowest BCUT2D eigenvalue weighted by Crippen LogP contribution is -1.92. The summed E-state index contributed by atoms with van der Waals surface area (Å²) >= 11 is 17.6. The highest BCUT2D eigenvalue weighted by molar-refractivity contribution is 6.35. The summed E-state index contributed by atoms with van der Waals surface area (Å²) in [5.74, 6) is 0.729. The van der Waals surface area contributed by atoms with Crippen molar-refractivity contribution in [2.75, 3.05) is 0 Å². The van der Waals surface area contributed by atoms with E-state index < -0.39 is 0 Å². The first-order chi connectivity index (χ1) is 8.60. The van der Waals surface area contributed by atoms with Gasteiger partial charge in [0.15, 0.2) is 0 Å². The Labute approximate surface area is 119 Å². The summed E-state index contributed by atoms with van der Waals surface area (Å²) in [6, 6.07) is 6.42. The Morgan fingerprint density at radius 3 is 2.56 bits per heavy atom. The van der Waals surface area contributed by atoms with Crippen molar-refractivity contribution in [3.8, 4) is 11.6 Å². The van der Waals surface area contributed by atoms with E-state index in [4.69, 9.17) is 44.6 Å². The Kier molecular flexibility index (Phi) is 4.30. The van der Waals surface area contributed by atoms with Crippen LogP contribution in [0.3, 0.4) is 0 Å². The van der Waals surface area contributed by atoms with Crippen LogP contribution in [-0.4, -0.2) is 10.1 Å². The third-order valence-electron chi connectivity index (χ3n) is 2.19. The number of aromatic nitrogens is 1. The van der Waals surface area contributed by atoms with E-state index in [1.165, 1.54) is 6.20 Å². The summed E-state index contributed by atoms with van der Waals surface area (Å²) in [4.78, 5) is 3.99. The first-order valence-corrected chi connectivity index (χ1v) is 6.11. The van der Waals surface area contributed by atoms with E-state index in [0.29, 0.717) is 32.3 Å². The van der Waals surface area contributed by atoms with Crippen molar-refractivity contribution in [2.24, 2.45) is 0 Å². The van der Waals surface area contributed by atoms with E-state index in [9.17, 15) is 0 Å². The molecule has 0 aliphatic rings. The summed E-state index contributed by atoms with van der Waals surface area (Å²) in [5, 5.41) is 10.4. The Hall–Kier alpha value is -1.000. The van der Waals surface area contributed by atoms with E-state index >= 15 is 0 Å². The zero-order valence-corrected chi connectivity index (χ0v) is 11.3. The summed E-state index contributed by atoms with van der Waals surface area (Å²) in [6.45, 7) is -0.188. The largest absolute Gasteiger partial charge is 0.437 e. The van der Waals surface area contributed by atoms with Crippen LogP contribution < -0.4 is 4.74 Å². The fourth-order valence-electron chi connectivity index (χ4n) is 1.31. The van der Waals surface area contributed by atoms with Crippen molar-refractivity contribution in [1.29, 1.82) is 0 Å². The molecule has 1 aromatic heterocycles. The summed E-state index contributed by atoms with van der Waals surface area (Å²) in [5.41, 5.74) is 0.534. The average molecular weight is 305 g/mol. The molecule has 0 unspecified atom stereocenters. The van der Waals surface area contributed by atoms with Crippen LogP contribution in [0.25, 0.3) is 0 Å². The molecule has 2 rings (SSSR count). The fourth-order valence-corrected chi connectivity index (χ4v) is 1.92. The van der Waals surface area contributed by atoms with E-state index in [1.54, 1.807) is 24.3 Å². The lowest BCUT2D eigenvalue weighted by molar-refractivity contribution is 0.281. The molecule has 6 heteroatoms. The van der Waals surface area contributed by atoms with Gasteiger partial charge in [0.05, 0.1) is 16.7 Å². The average Bonchev–Trinajstić information content (AvgIpc) is 2.35. The van der Waals surface area contributed by atoms with Crippen LogP contribution >= 0.6 is 34.8 Å². The number of halogens is 3. The molecule has 18 heavy (non-hydrogen) atoms. The van der Waals surface area contributed by atoms with Gasteiger partial charge < -0.3 is 9.84 Å². The fraction of sp³-hybridized carbons (Fsp3) is 0.0833. The third kappa shape index (κ3) is 3.06. The van der Waals surface area contributed by atoms with Gasteiger partial charge in [0.2, 0.25) is 5.88 Å². The van der Waals surface area contributed by atoms with Gasteiger partial charge in [0.25, 0.3) is 0 Å². The smallest absolute Gasteiger partial charge is 0.219 e. The Balaban J connectivity index is 2.28. The molecule has 0 aliphatic carbocycles. The highest BCUT2D eigenvalue weighted by Gasteiger charge is 2.07. The lowest BCUT2D eigenvalue weighted by Gasteiger charge is -2.08. The minimum atomic E-state index is -0.188. The van der Waals surface area contributed by atoms with Crippen LogP contribution in [0.1, 0.15) is 5.56 Å². The van der Waals surface area contributed by atoms with Crippen LogP contribution in [0.5, 0.6) is 11.6 Å². The van der Waals surface area contributed by atoms with Crippen molar-refractivity contribution < 1.29 is 9.84 Å². The maximum atomic E-state index is 9.09. The lowest BCUT2D eigenvalue weighted by atomic mass is 10.3. The van der Waals surface area contributed by atoms with Crippen molar-refractivity contribution in [2.45, 2.75) is 6.61 Å². The van der Waals surface area contributed by atoms with E-state index in [-0.39, 0.29) is 6.61 Å². The monoisotopic (exact) mass is 303 g/mol. The number of benzene rings is 1. The molecule has 0 saturated heterocycles. The first kappa shape index (κ1) is 13.4. The van der Waals surface area contributed by atoms with Gasteiger partial charge in [0, 0.05) is 22.8 Å². The quantitative estimate of drug-likeness (QED) is 0.918. The maximum Gasteiger partial charge on any atom is 0.219 e. The minimum absolute atomic E-state index is 0.188. The zero-order chi connectivity index (χ0) is 13.1. The van der Waals surface area contributed by atoms with E-state index in [2.05, 4.69) is 4.98 Å². The topological polar surface area (TPSA) is 42.4 Å². The van der Waals surface area contributed by atoms with Crippen molar-refractivity contribution >= 4 is 34.8 Å². The number of nitrogens with zero attached hydrogens (tertiary/aromatic N) is 1. The number of hydrogen-bond acceptors (Lipinski definition) is 3. The highest BCUT2D eigenvalue weighted by atomic mass is 35.5. The summed E-state index contributed by atoms with van der Waals surface area (Å²) < 4.78 is 5.49. The van der Waals surface area contributed by atoms with Gasteiger partial charge in [-0.1, -0.05) is 34.8 Å². The second-order valence-electron chi connectivity index (χ2n) is 3.45. The predicted molar refractivity (Wildman–Crippen MR) is 71.7 cm³/mol. The van der Waals surface area contributed by atoms with Crippen LogP contribution in [0.15, 0.2) is 30.5 Å². The minimum Gasteiger partial charge on any atom is -0.437 e. The van der Waals surface area contributed by atoms with E-state index in [1.807, 2.05) is 0 Å². The Morgan fingerprint density at radius 2 is 1.89 bits per heavy atom. The van der Waals surface area contributed by atoms with Gasteiger partial charge in [-0.25, -0.2) is 4.98 Å². The second kappa shape index (κ2) is 5.76. The van der Waals surface area contributed by atoms with Crippen LogP contribution in [0, 0.1) is 0 Å². The molecule has 0 aliphatic heterocycles. The van der Waals surface area contributed by atoms with Gasteiger partial charge in [-0.15, -0.1) is 0 Å². The van der Waals surface area contributed by atoms with Gasteiger partial charge in [-0.3, -0.25) is 0 Å². The predicted octanol–water partition coefficient (Wildman–Crippen LogP) is 4.33. The van der Waals surface area contributed by atoms with Crippen molar-refractivity contribution in [3.63, 3.8) is 0 Å². The standard InChI is InChI=1S/C12H8Cl3NO2/c13-8-1-2-11(9(14)4-8)18-12-3-7(6-17)10(15)5-16-12/h1-5,17H,6H2. The third-order valence-corrected chi connectivity index (χ3v) is 3.06. The molecule has 0 atom stereocenters. The molecule has 0 radical (unpaired) electrons. The van der Waals surface area contributed by atoms with Gasteiger partial charge in [-0.2, -0.15) is 0 Å². The Bertz CT molecular complexity index is 575. The number of aliphatic hydroxyl groups is 1. The molecule has 0 fully saturated rings. The van der Waals surface area contributed by atoms with Crippen LogP contribution in [-0.2, 0) is 6.61 Å². The molecule has 1 heterocycles. The first-order valence-electron chi connectivity index (χ1n) is 4.98.